The van der Waals surface area contributed by atoms with E-state index in [9.17, 15) is 4.79 Å². The molecule has 8 nitrogen and oxygen atoms in total. The number of fused-ring (bicyclic) bond motifs is 1. The third kappa shape index (κ3) is 4.09. The number of carbonyl (C=O) groups excluding carboxylic acids is 1. The van der Waals surface area contributed by atoms with Crippen molar-refractivity contribution in [2.45, 2.75) is 5.92 Å². The summed E-state index contributed by atoms with van der Waals surface area (Å²) in [4.78, 5) is 23.6. The molecule has 3 rings (SSSR count). The van der Waals surface area contributed by atoms with E-state index in [-0.39, 0.29) is 11.7 Å². The van der Waals surface area contributed by atoms with Crippen molar-refractivity contribution >= 4 is 45.0 Å². The third-order valence-electron chi connectivity index (χ3n) is 4.22. The van der Waals surface area contributed by atoms with Crippen molar-refractivity contribution in [2.75, 3.05) is 39.5 Å². The Balaban J connectivity index is 1.99. The minimum Gasteiger partial charge on any atom is -0.393 e. The van der Waals surface area contributed by atoms with E-state index in [2.05, 4.69) is 41.9 Å². The van der Waals surface area contributed by atoms with Gasteiger partial charge < -0.3 is 20.9 Å². The topological polar surface area (TPSA) is 105 Å². The number of amidine groups is 1. The number of aliphatic imine (C=N–C) groups is 2. The molecule has 0 bridgehead atoms. The summed E-state index contributed by atoms with van der Waals surface area (Å²) in [6.07, 6.45) is 1.66. The van der Waals surface area contributed by atoms with Crippen LogP contribution in [0.4, 0.5) is 5.69 Å². The fraction of sp³-hybridized carbons (Fsp3) is 0.333. The number of halogens is 1. The van der Waals surface area contributed by atoms with Gasteiger partial charge >= 0.3 is 0 Å². The van der Waals surface area contributed by atoms with E-state index in [0.717, 1.165) is 22.3 Å². The van der Waals surface area contributed by atoms with Gasteiger partial charge in [-0.2, -0.15) is 4.99 Å². The molecule has 1 amide bonds. The number of guanidine groups is 1. The van der Waals surface area contributed by atoms with Crippen LogP contribution in [-0.4, -0.2) is 62.5 Å². The fourth-order valence-corrected chi connectivity index (χ4v) is 3.35. The lowest BCUT2D eigenvalue weighted by Crippen LogP contribution is -2.36. The van der Waals surface area contributed by atoms with Gasteiger partial charge in [0.05, 0.1) is 11.3 Å². The van der Waals surface area contributed by atoms with Crippen LogP contribution >= 0.6 is 15.9 Å². The Kier molecular flexibility index (Phi) is 5.71. The van der Waals surface area contributed by atoms with Gasteiger partial charge in [0.1, 0.15) is 5.92 Å². The summed E-state index contributed by atoms with van der Waals surface area (Å²) in [5.74, 6) is -0.343. The average Bonchev–Trinajstić information content (AvgIpc) is 2.92. The van der Waals surface area contributed by atoms with Crippen LogP contribution in [0, 0.1) is 5.41 Å². The first-order valence-corrected chi connectivity index (χ1v) is 9.33. The van der Waals surface area contributed by atoms with Gasteiger partial charge in [0.25, 0.3) is 0 Å². The van der Waals surface area contributed by atoms with E-state index in [1.54, 1.807) is 13.2 Å². The van der Waals surface area contributed by atoms with Crippen LogP contribution in [0.25, 0.3) is 0 Å². The molecule has 9 heteroatoms. The molecule has 4 N–H and O–H groups in total. The highest BCUT2D eigenvalue weighted by atomic mass is 79.9. The summed E-state index contributed by atoms with van der Waals surface area (Å²) < 4.78 is 0.881. The van der Waals surface area contributed by atoms with E-state index in [1.165, 1.54) is 0 Å². The average molecular weight is 432 g/mol. The molecule has 142 valence electrons. The van der Waals surface area contributed by atoms with Crippen molar-refractivity contribution in [3.8, 4) is 0 Å². The van der Waals surface area contributed by atoms with Crippen LogP contribution in [0.1, 0.15) is 11.5 Å². The highest BCUT2D eigenvalue weighted by Crippen LogP contribution is 2.37. The maximum absolute atomic E-state index is 12.7. The van der Waals surface area contributed by atoms with Gasteiger partial charge in [0.15, 0.2) is 5.84 Å². The largest absolute Gasteiger partial charge is 0.393 e. The number of likely N-dealkylation sites (N-methyl/N-ethyl adjacent to an activating group) is 1. The number of anilines is 1. The van der Waals surface area contributed by atoms with Crippen molar-refractivity contribution in [3.05, 3.63) is 40.0 Å². The predicted molar refractivity (Wildman–Crippen MR) is 112 cm³/mol. The predicted octanol–water partition coefficient (Wildman–Crippen LogP) is 1.53. The smallest absolute Gasteiger partial charge is 0.238 e. The quantitative estimate of drug-likeness (QED) is 0.567. The Bertz CT molecular complexity index is 872. The van der Waals surface area contributed by atoms with Gasteiger partial charge in [-0.3, -0.25) is 10.2 Å². The lowest BCUT2D eigenvalue weighted by molar-refractivity contribution is -0.115. The van der Waals surface area contributed by atoms with Crippen LogP contribution in [0.2, 0.25) is 0 Å². The summed E-state index contributed by atoms with van der Waals surface area (Å²) in [5, 5.41) is 17.3. The second kappa shape index (κ2) is 8.01. The minimum absolute atomic E-state index is 0.0675. The number of hydrogen-bond acceptors (Lipinski definition) is 6. The molecular weight excluding hydrogens is 410 g/mol. The minimum atomic E-state index is -0.599. The van der Waals surface area contributed by atoms with E-state index in [1.807, 2.05) is 37.2 Å². The molecule has 0 radical (unpaired) electrons. The SMILES string of the molecule is CN/C=C1\C(=N)N=C(NCCN(C)C)N=C1C1C(=O)Nc2ccc(Br)cc21. The first kappa shape index (κ1) is 19.2. The molecule has 0 fully saturated rings. The fourth-order valence-electron chi connectivity index (χ4n) is 2.97. The first-order chi connectivity index (χ1) is 12.9. The van der Waals surface area contributed by atoms with Crippen LogP contribution in [-0.2, 0) is 4.79 Å². The molecule has 0 saturated carbocycles. The van der Waals surface area contributed by atoms with Gasteiger partial charge in [-0.15, -0.1) is 0 Å². The Morgan fingerprint density at radius 3 is 2.85 bits per heavy atom. The normalized spacial score (nSPS) is 20.3. The lowest BCUT2D eigenvalue weighted by Gasteiger charge is -2.21. The zero-order valence-corrected chi connectivity index (χ0v) is 17.0. The summed E-state index contributed by atoms with van der Waals surface area (Å²) >= 11 is 3.46. The molecule has 1 unspecified atom stereocenters. The van der Waals surface area contributed by atoms with E-state index >= 15 is 0 Å². The third-order valence-corrected chi connectivity index (χ3v) is 4.72. The molecule has 1 aromatic carbocycles. The number of nitrogens with zero attached hydrogens (tertiary/aromatic N) is 3. The zero-order chi connectivity index (χ0) is 19.6. The van der Waals surface area contributed by atoms with E-state index in [0.29, 0.717) is 23.8 Å². The Hall–Kier alpha value is -2.52. The molecular formula is C18H22BrN7O. The van der Waals surface area contributed by atoms with Gasteiger partial charge in [-0.05, 0) is 37.9 Å². The Morgan fingerprint density at radius 1 is 1.37 bits per heavy atom. The van der Waals surface area contributed by atoms with E-state index < -0.39 is 5.92 Å². The molecule has 2 aliphatic heterocycles. The Labute approximate surface area is 166 Å². The number of benzene rings is 1. The van der Waals surface area contributed by atoms with Crippen LogP contribution in [0.15, 0.2) is 44.4 Å². The zero-order valence-electron chi connectivity index (χ0n) is 15.4. The lowest BCUT2D eigenvalue weighted by atomic mass is 9.90. The van der Waals surface area contributed by atoms with Crippen molar-refractivity contribution < 1.29 is 4.79 Å². The summed E-state index contributed by atoms with van der Waals surface area (Å²) in [5.41, 5.74) is 2.60. The molecule has 1 aromatic rings. The van der Waals surface area contributed by atoms with Gasteiger partial charge in [0, 0.05) is 36.5 Å². The summed E-state index contributed by atoms with van der Waals surface area (Å²) in [6.45, 7) is 1.44. The summed E-state index contributed by atoms with van der Waals surface area (Å²) in [7, 11) is 5.70. The van der Waals surface area contributed by atoms with E-state index in [4.69, 9.17) is 5.41 Å². The molecule has 2 aliphatic rings. The number of carbonyl (C=O) groups is 1. The summed E-state index contributed by atoms with van der Waals surface area (Å²) in [6, 6.07) is 5.65. The molecule has 0 aromatic heterocycles. The van der Waals surface area contributed by atoms with Crippen molar-refractivity contribution in [3.63, 3.8) is 0 Å². The molecule has 0 saturated heterocycles. The molecule has 0 aliphatic carbocycles. The van der Waals surface area contributed by atoms with Crippen LogP contribution < -0.4 is 16.0 Å². The number of rotatable bonds is 5. The second-order valence-corrected chi connectivity index (χ2v) is 7.43. The maximum Gasteiger partial charge on any atom is 0.238 e. The van der Waals surface area contributed by atoms with Gasteiger partial charge in [-0.25, -0.2) is 4.99 Å². The van der Waals surface area contributed by atoms with Crippen LogP contribution in [0.5, 0.6) is 0 Å². The molecule has 1 atom stereocenters. The maximum atomic E-state index is 12.7. The first-order valence-electron chi connectivity index (χ1n) is 8.53. The van der Waals surface area contributed by atoms with Crippen molar-refractivity contribution in [1.29, 1.82) is 5.41 Å². The van der Waals surface area contributed by atoms with Crippen LogP contribution in [0.3, 0.4) is 0 Å². The number of amides is 1. The highest BCUT2D eigenvalue weighted by Gasteiger charge is 2.38. The highest BCUT2D eigenvalue weighted by molar-refractivity contribution is 9.10. The molecule has 27 heavy (non-hydrogen) atoms. The van der Waals surface area contributed by atoms with Crippen molar-refractivity contribution in [1.82, 2.24) is 15.5 Å². The number of hydrogen-bond donors (Lipinski definition) is 4. The molecule has 2 heterocycles. The van der Waals surface area contributed by atoms with Gasteiger partial charge in [0.2, 0.25) is 11.9 Å². The number of nitrogens with one attached hydrogen (secondary N) is 4. The standard InChI is InChI=1S/C18H22BrN7O/c1-21-9-12-15(24-18(25-16(12)20)22-6-7-26(2)3)14-11-8-10(19)4-5-13(11)23-17(14)27/h4-5,8-9,14,21H,6-7H2,1-3H3,(H,23,27)(H2,20,22,25)/b12-9-. The monoisotopic (exact) mass is 431 g/mol. The van der Waals surface area contributed by atoms with Gasteiger partial charge in [-0.1, -0.05) is 15.9 Å². The molecule has 0 spiro atoms. The Morgan fingerprint density at radius 2 is 2.15 bits per heavy atom. The second-order valence-electron chi connectivity index (χ2n) is 6.51. The van der Waals surface area contributed by atoms with Crippen molar-refractivity contribution in [2.24, 2.45) is 9.98 Å².